The van der Waals surface area contributed by atoms with Crippen molar-refractivity contribution in [2.45, 2.75) is 26.2 Å². The molecule has 4 heterocycles. The van der Waals surface area contributed by atoms with Crippen LogP contribution in [0.5, 0.6) is 0 Å². The molecule has 9 heteroatoms. The molecule has 6 rings (SSSR count). The molecule has 2 aliphatic rings. The van der Waals surface area contributed by atoms with Gasteiger partial charge < -0.3 is 15.1 Å². The summed E-state index contributed by atoms with van der Waals surface area (Å²) >= 11 is 1.25. The molecule has 0 aliphatic carbocycles. The second-order valence-corrected chi connectivity index (χ2v) is 10.8. The molecule has 0 unspecified atom stereocenters. The Morgan fingerprint density at radius 1 is 0.974 bits per heavy atom. The Morgan fingerprint density at radius 3 is 2.56 bits per heavy atom. The second kappa shape index (κ2) is 10.2. The average Bonchev–Trinajstić information content (AvgIpc) is 3.60. The first kappa shape index (κ1) is 25.2. The minimum absolute atomic E-state index is 0.147. The number of nitrogens with one attached hydrogen (secondary N) is 1. The summed E-state index contributed by atoms with van der Waals surface area (Å²) in [4.78, 5) is 36.4. The summed E-state index contributed by atoms with van der Waals surface area (Å²) in [5.41, 5.74) is 3.05. The Balaban J connectivity index is 1.33. The molecule has 2 aliphatic heterocycles. The predicted molar refractivity (Wildman–Crippen MR) is 150 cm³/mol. The lowest BCUT2D eigenvalue weighted by molar-refractivity contribution is 0.0981. The zero-order chi connectivity index (χ0) is 27.1. The summed E-state index contributed by atoms with van der Waals surface area (Å²) in [6.45, 7) is 3.85. The first-order valence-electron chi connectivity index (χ1n) is 12.9. The molecule has 1 fully saturated rings. The third kappa shape index (κ3) is 4.78. The third-order valence-corrected chi connectivity index (χ3v) is 8.43. The molecule has 0 atom stereocenters. The Bertz CT molecular complexity index is 1580. The summed E-state index contributed by atoms with van der Waals surface area (Å²) in [5, 5.41) is 2.69. The van der Waals surface area contributed by atoms with Gasteiger partial charge in [-0.05, 0) is 79.8 Å². The van der Waals surface area contributed by atoms with Gasteiger partial charge in [-0.1, -0.05) is 18.2 Å². The van der Waals surface area contributed by atoms with Crippen molar-refractivity contribution in [3.8, 4) is 10.4 Å². The van der Waals surface area contributed by atoms with Crippen LogP contribution in [0.4, 0.5) is 26.0 Å². The quantitative estimate of drug-likeness (QED) is 0.321. The Kier molecular flexibility index (Phi) is 6.60. The van der Waals surface area contributed by atoms with Crippen molar-refractivity contribution >= 4 is 40.3 Å². The Hall–Kier alpha value is -4.11. The first-order valence-corrected chi connectivity index (χ1v) is 13.7. The number of hydrogen-bond donors (Lipinski definition) is 1. The normalized spacial score (nSPS) is 14.5. The molecular formula is C30H26F2N4O2S. The van der Waals surface area contributed by atoms with Crippen LogP contribution in [0.1, 0.15) is 44.1 Å². The van der Waals surface area contributed by atoms with E-state index in [-0.39, 0.29) is 11.6 Å². The SMILES string of the molecule is Cc1cccc(F)c1NC(=O)c1cc2c(s1)-c1ccc(F)cc1N(C(=O)c1cccc(N3CCCC3)n1)CC2. The standard InChI is InChI=1S/C30H26F2N4O2S/c1-18-6-4-7-22(32)27(18)34-29(37)25-16-19-12-15-36(24-17-20(31)10-11-21(24)28(19)39-25)30(38)23-8-5-9-26(33-23)35-13-2-3-14-35/h4-11,16-17H,2-3,12-15H2,1H3,(H,34,37). The number of hydrogen-bond acceptors (Lipinski definition) is 5. The van der Waals surface area contributed by atoms with Gasteiger partial charge in [0.05, 0.1) is 16.3 Å². The number of amides is 2. The number of para-hydroxylation sites is 1. The summed E-state index contributed by atoms with van der Waals surface area (Å²) in [5.74, 6) is -0.906. The molecule has 198 valence electrons. The monoisotopic (exact) mass is 544 g/mol. The van der Waals surface area contributed by atoms with E-state index in [1.165, 1.54) is 29.5 Å². The van der Waals surface area contributed by atoms with Crippen LogP contribution in [-0.2, 0) is 6.42 Å². The van der Waals surface area contributed by atoms with Crippen LogP contribution in [0.2, 0.25) is 0 Å². The number of benzene rings is 2. The number of anilines is 3. The van der Waals surface area contributed by atoms with E-state index in [0.717, 1.165) is 42.2 Å². The lowest BCUT2D eigenvalue weighted by atomic mass is 10.1. The molecule has 0 bridgehead atoms. The zero-order valence-electron chi connectivity index (χ0n) is 21.3. The highest BCUT2D eigenvalue weighted by atomic mass is 32.1. The van der Waals surface area contributed by atoms with Crippen molar-refractivity contribution in [1.82, 2.24) is 4.98 Å². The molecule has 2 aromatic carbocycles. The van der Waals surface area contributed by atoms with Gasteiger partial charge in [0.2, 0.25) is 0 Å². The van der Waals surface area contributed by atoms with Gasteiger partial charge in [-0.2, -0.15) is 0 Å². The van der Waals surface area contributed by atoms with Gasteiger partial charge in [-0.3, -0.25) is 9.59 Å². The van der Waals surface area contributed by atoms with Gasteiger partial charge in [0.25, 0.3) is 11.8 Å². The van der Waals surface area contributed by atoms with Crippen LogP contribution >= 0.6 is 11.3 Å². The maximum Gasteiger partial charge on any atom is 0.276 e. The van der Waals surface area contributed by atoms with Crippen LogP contribution in [-0.4, -0.2) is 36.4 Å². The molecule has 0 saturated carbocycles. The van der Waals surface area contributed by atoms with E-state index in [2.05, 4.69) is 15.2 Å². The molecular weight excluding hydrogens is 518 g/mol. The fraction of sp³-hybridized carbons (Fsp3) is 0.233. The molecule has 6 nitrogen and oxygen atoms in total. The number of pyridine rings is 1. The number of thiophene rings is 1. The van der Waals surface area contributed by atoms with E-state index in [1.807, 2.05) is 12.1 Å². The highest BCUT2D eigenvalue weighted by Gasteiger charge is 2.29. The van der Waals surface area contributed by atoms with Crippen LogP contribution in [0.15, 0.2) is 60.7 Å². The molecule has 2 amide bonds. The largest absolute Gasteiger partial charge is 0.357 e. The predicted octanol–water partition coefficient (Wildman–Crippen LogP) is 6.45. The number of rotatable bonds is 4. The maximum absolute atomic E-state index is 14.5. The van der Waals surface area contributed by atoms with Gasteiger partial charge in [0.1, 0.15) is 23.1 Å². The number of fused-ring (bicyclic) bond motifs is 3. The number of aromatic nitrogens is 1. The van der Waals surface area contributed by atoms with Crippen molar-refractivity contribution in [2.75, 3.05) is 34.8 Å². The van der Waals surface area contributed by atoms with Crippen molar-refractivity contribution in [2.24, 2.45) is 0 Å². The van der Waals surface area contributed by atoms with Crippen molar-refractivity contribution < 1.29 is 18.4 Å². The minimum atomic E-state index is -0.501. The fourth-order valence-corrected chi connectivity index (χ4v) is 6.35. The van der Waals surface area contributed by atoms with E-state index in [9.17, 15) is 18.4 Å². The van der Waals surface area contributed by atoms with Gasteiger partial charge in [0, 0.05) is 30.1 Å². The molecule has 0 spiro atoms. The first-order chi connectivity index (χ1) is 18.9. The van der Waals surface area contributed by atoms with Crippen molar-refractivity contribution in [1.29, 1.82) is 0 Å². The molecule has 39 heavy (non-hydrogen) atoms. The summed E-state index contributed by atoms with van der Waals surface area (Å²) in [6, 6.07) is 16.2. The van der Waals surface area contributed by atoms with Crippen LogP contribution in [0.3, 0.4) is 0 Å². The highest BCUT2D eigenvalue weighted by molar-refractivity contribution is 7.17. The third-order valence-electron chi connectivity index (χ3n) is 7.22. The Labute approximate surface area is 228 Å². The van der Waals surface area contributed by atoms with Crippen molar-refractivity contribution in [3.63, 3.8) is 0 Å². The second-order valence-electron chi connectivity index (χ2n) is 9.79. The van der Waals surface area contributed by atoms with E-state index in [1.54, 1.807) is 42.2 Å². The smallest absolute Gasteiger partial charge is 0.276 e. The molecule has 4 aromatic rings. The van der Waals surface area contributed by atoms with Gasteiger partial charge in [0.15, 0.2) is 0 Å². The van der Waals surface area contributed by atoms with E-state index in [4.69, 9.17) is 0 Å². The van der Waals surface area contributed by atoms with Crippen molar-refractivity contribution in [3.05, 3.63) is 94.0 Å². The topological polar surface area (TPSA) is 65.5 Å². The van der Waals surface area contributed by atoms with Crippen LogP contribution in [0, 0.1) is 18.6 Å². The average molecular weight is 545 g/mol. The van der Waals surface area contributed by atoms with E-state index in [0.29, 0.717) is 40.4 Å². The zero-order valence-corrected chi connectivity index (χ0v) is 22.2. The molecule has 2 aromatic heterocycles. The van der Waals surface area contributed by atoms with Crippen LogP contribution in [0.25, 0.3) is 10.4 Å². The number of nitrogens with zero attached hydrogens (tertiary/aromatic N) is 3. The van der Waals surface area contributed by atoms with Gasteiger partial charge in [-0.25, -0.2) is 13.8 Å². The fourth-order valence-electron chi connectivity index (χ4n) is 5.21. The molecule has 1 N–H and O–H groups in total. The molecule has 0 radical (unpaired) electrons. The maximum atomic E-state index is 14.5. The van der Waals surface area contributed by atoms with Crippen LogP contribution < -0.4 is 15.1 Å². The molecule has 1 saturated heterocycles. The van der Waals surface area contributed by atoms with Gasteiger partial charge >= 0.3 is 0 Å². The number of aryl methyl sites for hydroxylation is 1. The van der Waals surface area contributed by atoms with E-state index >= 15 is 0 Å². The number of halogens is 2. The number of carbonyl (C=O) groups excluding carboxylic acids is 2. The summed E-state index contributed by atoms with van der Waals surface area (Å²) in [7, 11) is 0. The lowest BCUT2D eigenvalue weighted by Gasteiger charge is -2.24. The van der Waals surface area contributed by atoms with E-state index < -0.39 is 17.5 Å². The highest BCUT2D eigenvalue weighted by Crippen LogP contribution is 2.42. The van der Waals surface area contributed by atoms with Gasteiger partial charge in [-0.15, -0.1) is 11.3 Å². The number of carbonyl (C=O) groups is 2. The minimum Gasteiger partial charge on any atom is -0.357 e. The lowest BCUT2D eigenvalue weighted by Crippen LogP contribution is -2.33. The summed E-state index contributed by atoms with van der Waals surface area (Å²) < 4.78 is 28.8. The Morgan fingerprint density at radius 2 is 1.77 bits per heavy atom. The summed E-state index contributed by atoms with van der Waals surface area (Å²) in [6.07, 6.45) is 2.66.